The van der Waals surface area contributed by atoms with Crippen molar-refractivity contribution in [3.63, 3.8) is 0 Å². The Morgan fingerprint density at radius 2 is 2.30 bits per heavy atom. The van der Waals surface area contributed by atoms with Crippen molar-refractivity contribution in [2.75, 3.05) is 13.1 Å². The molecule has 2 heterocycles. The van der Waals surface area contributed by atoms with Crippen LogP contribution in [0.2, 0.25) is 0 Å². The third-order valence-electron chi connectivity index (χ3n) is 3.13. The molecular formula is C12H13F2N3O2S. The number of likely N-dealkylation sites (tertiary alicyclic amines) is 1. The van der Waals surface area contributed by atoms with Gasteiger partial charge in [0, 0.05) is 32.1 Å². The number of alkyl halides is 2. The van der Waals surface area contributed by atoms with Crippen LogP contribution < -0.4 is 0 Å². The number of nitrogens with zero attached hydrogens (tertiary/aromatic N) is 3. The van der Waals surface area contributed by atoms with Crippen molar-refractivity contribution < 1.29 is 18.3 Å². The number of piperidine rings is 1. The molecule has 5 nitrogen and oxygen atoms in total. The number of rotatable bonds is 5. The Morgan fingerprint density at radius 3 is 2.90 bits per heavy atom. The minimum Gasteiger partial charge on any atom is -0.460 e. The first-order valence-electron chi connectivity index (χ1n) is 6.07. The number of aromatic nitrogens is 1. The molecule has 0 aliphatic carbocycles. The molecule has 0 bridgehead atoms. The van der Waals surface area contributed by atoms with E-state index in [-0.39, 0.29) is 32.5 Å². The minimum absolute atomic E-state index is 0.0599. The highest BCUT2D eigenvalue weighted by atomic mass is 32.1. The van der Waals surface area contributed by atoms with E-state index in [1.165, 1.54) is 17.5 Å². The summed E-state index contributed by atoms with van der Waals surface area (Å²) in [4.78, 5) is 16.6. The maximum atomic E-state index is 13.1. The van der Waals surface area contributed by atoms with Gasteiger partial charge in [-0.05, 0) is 0 Å². The lowest BCUT2D eigenvalue weighted by Gasteiger charge is -2.33. The minimum atomic E-state index is -2.63. The summed E-state index contributed by atoms with van der Waals surface area (Å²) in [6, 6.07) is 1.55. The van der Waals surface area contributed by atoms with Gasteiger partial charge in [0.05, 0.1) is 10.9 Å². The van der Waals surface area contributed by atoms with Gasteiger partial charge in [-0.2, -0.15) is 5.26 Å². The van der Waals surface area contributed by atoms with E-state index in [9.17, 15) is 18.8 Å². The van der Waals surface area contributed by atoms with Crippen molar-refractivity contribution in [3.8, 4) is 6.07 Å². The molecule has 1 unspecified atom stereocenters. The van der Waals surface area contributed by atoms with Gasteiger partial charge in [0.1, 0.15) is 17.7 Å². The number of carbonyl (C=O) groups is 1. The molecule has 8 heteroatoms. The van der Waals surface area contributed by atoms with E-state index in [1.807, 2.05) is 0 Å². The van der Waals surface area contributed by atoms with E-state index in [2.05, 4.69) is 15.8 Å². The first-order valence-corrected chi connectivity index (χ1v) is 6.89. The zero-order valence-electron chi connectivity index (χ0n) is 10.6. The van der Waals surface area contributed by atoms with Gasteiger partial charge in [0.2, 0.25) is 0 Å². The summed E-state index contributed by atoms with van der Waals surface area (Å²) in [7, 11) is 0. The summed E-state index contributed by atoms with van der Waals surface area (Å²) in [6.45, 7) is 0.756. The Balaban J connectivity index is 2.03. The second-order valence-electron chi connectivity index (χ2n) is 4.49. The Bertz CT molecular complexity index is 505. The third-order valence-corrected chi connectivity index (χ3v) is 4.16. The maximum absolute atomic E-state index is 13.1. The second-order valence-corrected chi connectivity index (χ2v) is 5.63. The highest BCUT2D eigenvalue weighted by molar-refractivity contribution is 7.11. The lowest BCUT2D eigenvalue weighted by atomic mass is 10.0. The fraction of sp³-hybridized carbons (Fsp3) is 0.583. The van der Waals surface area contributed by atoms with Crippen molar-refractivity contribution in [2.24, 2.45) is 0 Å². The fourth-order valence-electron chi connectivity index (χ4n) is 2.06. The number of thiazole rings is 1. The van der Waals surface area contributed by atoms with Crippen LogP contribution in [0.1, 0.15) is 28.8 Å². The summed E-state index contributed by atoms with van der Waals surface area (Å²) >= 11 is 1.25. The zero-order valence-corrected chi connectivity index (χ0v) is 11.4. The predicted octanol–water partition coefficient (Wildman–Crippen LogP) is 2.11. The molecule has 0 saturated carbocycles. The number of hydrogen-bond acceptors (Lipinski definition) is 6. The van der Waals surface area contributed by atoms with Crippen LogP contribution in [-0.2, 0) is 16.1 Å². The molecular weight excluding hydrogens is 288 g/mol. The average molecular weight is 301 g/mol. The molecule has 0 aromatic carbocycles. The Morgan fingerprint density at radius 1 is 1.60 bits per heavy atom. The molecule has 1 aliphatic rings. The molecule has 2 rings (SSSR count). The highest BCUT2D eigenvalue weighted by Gasteiger charge is 2.37. The smallest absolute Gasteiger partial charge is 0.293 e. The maximum Gasteiger partial charge on any atom is 0.293 e. The van der Waals surface area contributed by atoms with E-state index in [0.29, 0.717) is 16.4 Å². The van der Waals surface area contributed by atoms with E-state index in [4.69, 9.17) is 0 Å². The van der Waals surface area contributed by atoms with Gasteiger partial charge in [-0.3, -0.25) is 9.69 Å². The molecule has 0 amide bonds. The van der Waals surface area contributed by atoms with Crippen LogP contribution >= 0.6 is 11.3 Å². The van der Waals surface area contributed by atoms with Gasteiger partial charge < -0.3 is 4.74 Å². The monoisotopic (exact) mass is 301 g/mol. The van der Waals surface area contributed by atoms with Gasteiger partial charge in [-0.15, -0.1) is 11.3 Å². The molecule has 20 heavy (non-hydrogen) atoms. The SMILES string of the molecule is N#CC(c1cnc(COC=O)s1)N1CCC(F)(F)CC1. The van der Waals surface area contributed by atoms with Crippen molar-refractivity contribution in [1.29, 1.82) is 5.26 Å². The van der Waals surface area contributed by atoms with Crippen molar-refractivity contribution in [2.45, 2.75) is 31.4 Å². The molecule has 1 saturated heterocycles. The Kier molecular flexibility index (Phi) is 4.62. The first-order chi connectivity index (χ1) is 9.55. The van der Waals surface area contributed by atoms with Crippen LogP contribution in [-0.4, -0.2) is 35.4 Å². The van der Waals surface area contributed by atoms with E-state index >= 15 is 0 Å². The van der Waals surface area contributed by atoms with Crippen LogP contribution in [0.4, 0.5) is 8.78 Å². The van der Waals surface area contributed by atoms with Gasteiger partial charge in [0.15, 0.2) is 0 Å². The largest absolute Gasteiger partial charge is 0.460 e. The summed E-state index contributed by atoms with van der Waals surface area (Å²) < 4.78 is 30.8. The Hall–Kier alpha value is -1.59. The molecule has 1 atom stereocenters. The molecule has 1 fully saturated rings. The fourth-order valence-corrected chi connectivity index (χ4v) is 2.98. The van der Waals surface area contributed by atoms with Gasteiger partial charge in [-0.25, -0.2) is 13.8 Å². The van der Waals surface area contributed by atoms with Crippen LogP contribution in [0.15, 0.2) is 6.20 Å². The van der Waals surface area contributed by atoms with E-state index < -0.39 is 12.0 Å². The second kappa shape index (κ2) is 6.24. The van der Waals surface area contributed by atoms with Crippen LogP contribution in [0.3, 0.4) is 0 Å². The number of hydrogen-bond donors (Lipinski definition) is 0. The number of carbonyl (C=O) groups excluding carboxylic acids is 1. The summed E-state index contributed by atoms with van der Waals surface area (Å²) in [6.07, 6.45) is 1.07. The van der Waals surface area contributed by atoms with E-state index in [0.717, 1.165) is 0 Å². The number of halogens is 2. The van der Waals surface area contributed by atoms with Crippen LogP contribution in [0, 0.1) is 11.3 Å². The standard InChI is InChI=1S/C12H13F2N3O2S/c13-12(14)1-3-17(4-2-12)9(5-15)10-6-16-11(20-10)7-19-8-18/h6,8-9H,1-4,7H2. The average Bonchev–Trinajstić information content (AvgIpc) is 2.88. The topological polar surface area (TPSA) is 66.2 Å². The van der Waals surface area contributed by atoms with E-state index in [1.54, 1.807) is 4.90 Å². The molecule has 1 aromatic heterocycles. The molecule has 0 N–H and O–H groups in total. The number of nitriles is 1. The summed E-state index contributed by atoms with van der Waals surface area (Å²) in [5.41, 5.74) is 0. The Labute approximate surface area is 118 Å². The lowest BCUT2D eigenvalue weighted by Crippen LogP contribution is -2.40. The summed E-state index contributed by atoms with van der Waals surface area (Å²) in [5.74, 6) is -2.63. The highest BCUT2D eigenvalue weighted by Crippen LogP contribution is 2.33. The van der Waals surface area contributed by atoms with Crippen molar-refractivity contribution in [3.05, 3.63) is 16.1 Å². The van der Waals surface area contributed by atoms with Crippen molar-refractivity contribution >= 4 is 17.8 Å². The van der Waals surface area contributed by atoms with Crippen molar-refractivity contribution in [1.82, 2.24) is 9.88 Å². The molecule has 1 aromatic rings. The molecule has 0 spiro atoms. The zero-order chi connectivity index (χ0) is 14.6. The van der Waals surface area contributed by atoms with Crippen LogP contribution in [0.25, 0.3) is 0 Å². The van der Waals surface area contributed by atoms with Gasteiger partial charge in [-0.1, -0.05) is 0 Å². The number of ether oxygens (including phenoxy) is 1. The van der Waals surface area contributed by atoms with Gasteiger partial charge in [0.25, 0.3) is 12.4 Å². The predicted molar refractivity (Wildman–Crippen MR) is 67.1 cm³/mol. The normalized spacial score (nSPS) is 20.1. The molecule has 0 radical (unpaired) electrons. The molecule has 1 aliphatic heterocycles. The van der Waals surface area contributed by atoms with Gasteiger partial charge >= 0.3 is 0 Å². The lowest BCUT2D eigenvalue weighted by molar-refractivity contribution is -0.129. The quantitative estimate of drug-likeness (QED) is 0.779. The summed E-state index contributed by atoms with van der Waals surface area (Å²) in [5, 5.41) is 9.84. The van der Waals surface area contributed by atoms with Crippen LogP contribution in [0.5, 0.6) is 0 Å². The molecule has 108 valence electrons. The third kappa shape index (κ3) is 3.49. The first kappa shape index (κ1) is 14.8.